The zero-order chi connectivity index (χ0) is 16.1. The van der Waals surface area contributed by atoms with Crippen LogP contribution in [-0.2, 0) is 20.7 Å². The summed E-state index contributed by atoms with van der Waals surface area (Å²) in [6.45, 7) is 2.62. The van der Waals surface area contributed by atoms with Crippen LogP contribution in [0.25, 0.3) is 0 Å². The van der Waals surface area contributed by atoms with E-state index in [4.69, 9.17) is 4.74 Å². The van der Waals surface area contributed by atoms with Gasteiger partial charge in [-0.2, -0.15) is 0 Å². The minimum Gasteiger partial charge on any atom is -0.616 e. The summed E-state index contributed by atoms with van der Waals surface area (Å²) in [5.74, 6) is -0.964. The molecular weight excluding hydrogens is 288 g/mol. The van der Waals surface area contributed by atoms with Crippen LogP contribution in [0.15, 0.2) is 12.2 Å². The van der Waals surface area contributed by atoms with Crippen molar-refractivity contribution in [1.82, 2.24) is 0 Å². The van der Waals surface area contributed by atoms with Crippen molar-refractivity contribution in [2.24, 2.45) is 0 Å². The number of ether oxygens (including phenoxy) is 1. The SMILES string of the molecule is CCC(CC=CCCCCCCCOC)(C(=O)O)[S+](C)[O-]. The molecule has 0 aliphatic heterocycles. The monoisotopic (exact) mass is 318 g/mol. The fourth-order valence-electron chi connectivity index (χ4n) is 2.26. The number of hydrogen-bond acceptors (Lipinski definition) is 3. The summed E-state index contributed by atoms with van der Waals surface area (Å²) in [5, 5.41) is 9.30. The van der Waals surface area contributed by atoms with Gasteiger partial charge >= 0.3 is 5.97 Å². The van der Waals surface area contributed by atoms with Crippen molar-refractivity contribution in [3.05, 3.63) is 12.2 Å². The summed E-state index contributed by atoms with van der Waals surface area (Å²) in [5.41, 5.74) is 0. The molecule has 0 saturated heterocycles. The van der Waals surface area contributed by atoms with Gasteiger partial charge in [0.15, 0.2) is 0 Å². The van der Waals surface area contributed by atoms with Crippen LogP contribution < -0.4 is 0 Å². The van der Waals surface area contributed by atoms with Gasteiger partial charge in [0.05, 0.1) is 6.26 Å². The van der Waals surface area contributed by atoms with E-state index in [1.807, 2.05) is 12.2 Å². The first-order chi connectivity index (χ1) is 10.0. The number of rotatable bonds is 13. The Labute approximate surface area is 132 Å². The second-order valence-electron chi connectivity index (χ2n) is 5.33. The summed E-state index contributed by atoms with van der Waals surface area (Å²) >= 11 is -1.37. The van der Waals surface area contributed by atoms with Crippen molar-refractivity contribution in [2.45, 2.75) is 63.0 Å². The summed E-state index contributed by atoms with van der Waals surface area (Å²) in [7, 11) is 1.72. The number of aliphatic carboxylic acids is 1. The van der Waals surface area contributed by atoms with E-state index in [-0.39, 0.29) is 0 Å². The van der Waals surface area contributed by atoms with E-state index in [9.17, 15) is 14.5 Å². The number of carboxylic acid groups (broad SMARTS) is 1. The largest absolute Gasteiger partial charge is 0.616 e. The van der Waals surface area contributed by atoms with E-state index in [0.29, 0.717) is 12.8 Å². The highest BCUT2D eigenvalue weighted by Crippen LogP contribution is 2.26. The lowest BCUT2D eigenvalue weighted by Gasteiger charge is -2.27. The molecule has 4 nitrogen and oxygen atoms in total. The first kappa shape index (κ1) is 20.5. The third-order valence-electron chi connectivity index (χ3n) is 3.84. The minimum absolute atomic E-state index is 0.343. The number of allylic oxidation sites excluding steroid dienone is 2. The topological polar surface area (TPSA) is 69.6 Å². The van der Waals surface area contributed by atoms with Crippen LogP contribution in [0.2, 0.25) is 0 Å². The van der Waals surface area contributed by atoms with Gasteiger partial charge in [0.2, 0.25) is 4.75 Å². The summed E-state index contributed by atoms with van der Waals surface area (Å²) in [6, 6.07) is 0. The molecule has 0 aromatic heterocycles. The molecule has 2 unspecified atom stereocenters. The smallest absolute Gasteiger partial charge is 0.360 e. The van der Waals surface area contributed by atoms with Gasteiger partial charge in [0, 0.05) is 26.6 Å². The number of carboxylic acids is 1. The van der Waals surface area contributed by atoms with Crippen LogP contribution in [-0.4, -0.2) is 40.3 Å². The van der Waals surface area contributed by atoms with E-state index in [0.717, 1.165) is 25.9 Å². The quantitative estimate of drug-likeness (QED) is 0.320. The Hall–Kier alpha value is -0.520. The Bertz CT molecular complexity index is 305. The maximum absolute atomic E-state index is 11.7. The van der Waals surface area contributed by atoms with Gasteiger partial charge in [0.25, 0.3) is 0 Å². The van der Waals surface area contributed by atoms with Crippen molar-refractivity contribution < 1.29 is 19.2 Å². The number of unbranched alkanes of at least 4 members (excludes halogenated alkanes) is 5. The fourth-order valence-corrected chi connectivity index (χ4v) is 3.24. The molecule has 21 heavy (non-hydrogen) atoms. The molecule has 0 spiro atoms. The number of carbonyl (C=O) groups is 1. The molecule has 0 heterocycles. The highest BCUT2D eigenvalue weighted by atomic mass is 32.2. The van der Waals surface area contributed by atoms with Gasteiger partial charge in [-0.25, -0.2) is 4.79 Å². The molecule has 0 radical (unpaired) electrons. The summed E-state index contributed by atoms with van der Waals surface area (Å²) in [6.07, 6.45) is 12.9. The highest BCUT2D eigenvalue weighted by Gasteiger charge is 2.45. The van der Waals surface area contributed by atoms with Crippen LogP contribution in [0, 0.1) is 0 Å². The zero-order valence-electron chi connectivity index (χ0n) is 13.6. The van der Waals surface area contributed by atoms with Crippen molar-refractivity contribution in [2.75, 3.05) is 20.0 Å². The molecule has 2 atom stereocenters. The molecule has 0 fully saturated rings. The van der Waals surface area contributed by atoms with Crippen molar-refractivity contribution in [1.29, 1.82) is 0 Å². The van der Waals surface area contributed by atoms with Gasteiger partial charge in [-0.3, -0.25) is 0 Å². The predicted octanol–water partition coefficient (Wildman–Crippen LogP) is 3.53. The van der Waals surface area contributed by atoms with Gasteiger partial charge in [-0.1, -0.05) is 38.3 Å². The standard InChI is InChI=1S/C16H30O4S/c1-4-16(15(17)18,21(3)19)13-11-9-7-5-6-8-10-12-14-20-2/h9,11H,4-8,10,12-14H2,1-3H3,(H,17,18). The van der Waals surface area contributed by atoms with E-state index < -0.39 is 21.9 Å². The third kappa shape index (κ3) is 7.88. The average Bonchev–Trinajstić information content (AvgIpc) is 2.44. The van der Waals surface area contributed by atoms with Gasteiger partial charge in [0.1, 0.15) is 0 Å². The van der Waals surface area contributed by atoms with Gasteiger partial charge in [-0.05, 0) is 30.4 Å². The van der Waals surface area contributed by atoms with E-state index >= 15 is 0 Å². The minimum atomic E-state index is -1.37. The van der Waals surface area contributed by atoms with Crippen LogP contribution in [0.5, 0.6) is 0 Å². The predicted molar refractivity (Wildman–Crippen MR) is 88.1 cm³/mol. The van der Waals surface area contributed by atoms with Gasteiger partial charge in [-0.15, -0.1) is 0 Å². The van der Waals surface area contributed by atoms with E-state index in [1.165, 1.54) is 25.5 Å². The molecule has 0 saturated carbocycles. The molecule has 0 aliphatic rings. The Morgan fingerprint density at radius 2 is 1.86 bits per heavy atom. The molecule has 0 rings (SSSR count). The van der Waals surface area contributed by atoms with E-state index in [1.54, 1.807) is 14.0 Å². The number of methoxy groups -OCH3 is 1. The first-order valence-electron chi connectivity index (χ1n) is 7.72. The molecule has 124 valence electrons. The first-order valence-corrected chi connectivity index (χ1v) is 9.28. The lowest BCUT2D eigenvalue weighted by molar-refractivity contribution is -0.140. The molecule has 0 aromatic carbocycles. The van der Waals surface area contributed by atoms with Crippen LogP contribution in [0.3, 0.4) is 0 Å². The summed E-state index contributed by atoms with van der Waals surface area (Å²) < 4.78 is 15.6. The van der Waals surface area contributed by atoms with E-state index in [2.05, 4.69) is 0 Å². The highest BCUT2D eigenvalue weighted by molar-refractivity contribution is 7.92. The third-order valence-corrected chi connectivity index (χ3v) is 5.58. The second kappa shape index (κ2) is 12.1. The second-order valence-corrected chi connectivity index (χ2v) is 7.02. The molecular formula is C16H30O4S. The maximum atomic E-state index is 11.7. The normalized spacial score (nSPS) is 16.0. The molecule has 5 heteroatoms. The van der Waals surface area contributed by atoms with Crippen LogP contribution >= 0.6 is 0 Å². The van der Waals surface area contributed by atoms with Crippen LogP contribution in [0.1, 0.15) is 58.3 Å². The molecule has 0 amide bonds. The lowest BCUT2D eigenvalue weighted by atomic mass is 10.0. The maximum Gasteiger partial charge on any atom is 0.360 e. The Balaban J connectivity index is 3.90. The van der Waals surface area contributed by atoms with Crippen molar-refractivity contribution >= 4 is 17.1 Å². The van der Waals surface area contributed by atoms with Crippen LogP contribution in [0.4, 0.5) is 0 Å². The number of hydrogen-bond donors (Lipinski definition) is 1. The van der Waals surface area contributed by atoms with Crippen molar-refractivity contribution in [3.8, 4) is 0 Å². The molecule has 1 N–H and O–H groups in total. The Kier molecular flexibility index (Phi) is 11.8. The molecule has 0 bridgehead atoms. The van der Waals surface area contributed by atoms with Crippen molar-refractivity contribution in [3.63, 3.8) is 0 Å². The molecule has 0 aliphatic carbocycles. The van der Waals surface area contributed by atoms with Gasteiger partial charge < -0.3 is 14.4 Å². The summed E-state index contributed by atoms with van der Waals surface area (Å²) in [4.78, 5) is 11.3. The molecule has 0 aromatic rings. The Morgan fingerprint density at radius 3 is 2.38 bits per heavy atom. The Morgan fingerprint density at radius 1 is 1.24 bits per heavy atom. The average molecular weight is 318 g/mol. The lowest BCUT2D eigenvalue weighted by Crippen LogP contribution is -2.45. The zero-order valence-corrected chi connectivity index (χ0v) is 14.4. The fraction of sp³-hybridized carbons (Fsp3) is 0.812.